The zero-order valence-corrected chi connectivity index (χ0v) is 12.5. The summed E-state index contributed by atoms with van der Waals surface area (Å²) in [5.74, 6) is 0.148. The van der Waals surface area contributed by atoms with Gasteiger partial charge in [0.1, 0.15) is 0 Å². The maximum Gasteiger partial charge on any atom is 0.238 e. The molecule has 3 heteroatoms. The molecule has 0 rings (SSSR count). The summed E-state index contributed by atoms with van der Waals surface area (Å²) in [5.41, 5.74) is 0.274. The van der Waals surface area contributed by atoms with Crippen LogP contribution in [0, 0.1) is 5.41 Å². The number of rotatable bonds is 8. The molecule has 0 aromatic carbocycles. The summed E-state index contributed by atoms with van der Waals surface area (Å²) in [6, 6.07) is -0.0875. The number of nitrogens with zero attached hydrogens (tertiary/aromatic N) is 1. The summed E-state index contributed by atoms with van der Waals surface area (Å²) in [7, 11) is 3.60. The van der Waals surface area contributed by atoms with Gasteiger partial charge in [0.2, 0.25) is 5.91 Å². The minimum absolute atomic E-state index is 0.0875. The second-order valence-electron chi connectivity index (χ2n) is 5.96. The second kappa shape index (κ2) is 7.70. The molecule has 0 spiro atoms. The van der Waals surface area contributed by atoms with Gasteiger partial charge >= 0.3 is 0 Å². The van der Waals surface area contributed by atoms with E-state index in [1.54, 1.807) is 19.0 Å². The topological polar surface area (TPSA) is 32.3 Å². The van der Waals surface area contributed by atoms with Crippen LogP contribution in [-0.2, 0) is 4.79 Å². The van der Waals surface area contributed by atoms with Crippen molar-refractivity contribution in [3.63, 3.8) is 0 Å². The maximum absolute atomic E-state index is 11.7. The summed E-state index contributed by atoms with van der Waals surface area (Å²) < 4.78 is 0. The van der Waals surface area contributed by atoms with Gasteiger partial charge < -0.3 is 10.2 Å². The van der Waals surface area contributed by atoms with E-state index in [9.17, 15) is 4.79 Å². The van der Waals surface area contributed by atoms with Gasteiger partial charge in [0, 0.05) is 20.6 Å². The fourth-order valence-corrected chi connectivity index (χ4v) is 1.85. The Balaban J connectivity index is 3.95. The molecule has 0 aromatic rings. The average Bonchev–Trinajstić information content (AvgIpc) is 2.25. The summed E-state index contributed by atoms with van der Waals surface area (Å²) >= 11 is 0. The Kier molecular flexibility index (Phi) is 7.44. The Morgan fingerprint density at radius 3 is 2.35 bits per heavy atom. The number of hydrogen-bond donors (Lipinski definition) is 1. The molecule has 0 aromatic heterocycles. The Morgan fingerprint density at radius 1 is 1.29 bits per heavy atom. The van der Waals surface area contributed by atoms with E-state index in [0.29, 0.717) is 0 Å². The molecule has 102 valence electrons. The van der Waals surface area contributed by atoms with Gasteiger partial charge in [-0.3, -0.25) is 4.79 Å². The van der Waals surface area contributed by atoms with Crippen molar-refractivity contribution < 1.29 is 4.79 Å². The molecule has 1 N–H and O–H groups in total. The number of hydrogen-bond acceptors (Lipinski definition) is 2. The Bertz CT molecular complexity index is 224. The van der Waals surface area contributed by atoms with Crippen molar-refractivity contribution in [3.05, 3.63) is 0 Å². The van der Waals surface area contributed by atoms with Crippen molar-refractivity contribution in [3.8, 4) is 0 Å². The molecule has 0 aliphatic heterocycles. The molecule has 0 saturated carbocycles. The van der Waals surface area contributed by atoms with Crippen molar-refractivity contribution in [2.75, 3.05) is 20.6 Å². The lowest BCUT2D eigenvalue weighted by Crippen LogP contribution is -2.44. The van der Waals surface area contributed by atoms with Crippen LogP contribution in [0.1, 0.15) is 53.4 Å². The first-order valence-electron chi connectivity index (χ1n) is 6.74. The van der Waals surface area contributed by atoms with Crippen LogP contribution >= 0.6 is 0 Å². The lowest BCUT2D eigenvalue weighted by Gasteiger charge is -2.27. The van der Waals surface area contributed by atoms with E-state index in [2.05, 4.69) is 26.1 Å². The van der Waals surface area contributed by atoms with Crippen LogP contribution < -0.4 is 5.32 Å². The van der Waals surface area contributed by atoms with E-state index in [1.165, 1.54) is 25.7 Å². The maximum atomic E-state index is 11.7. The molecular formula is C14H30N2O. The lowest BCUT2D eigenvalue weighted by atomic mass is 9.86. The Morgan fingerprint density at radius 2 is 1.88 bits per heavy atom. The average molecular weight is 242 g/mol. The van der Waals surface area contributed by atoms with Gasteiger partial charge in [-0.05, 0) is 18.8 Å². The summed E-state index contributed by atoms with van der Waals surface area (Å²) in [4.78, 5) is 13.3. The zero-order valence-electron chi connectivity index (χ0n) is 12.5. The van der Waals surface area contributed by atoms with Gasteiger partial charge in [0.15, 0.2) is 0 Å². The summed E-state index contributed by atoms with van der Waals surface area (Å²) in [6.45, 7) is 9.59. The van der Waals surface area contributed by atoms with Gasteiger partial charge in [0.05, 0.1) is 6.04 Å². The van der Waals surface area contributed by atoms with E-state index >= 15 is 0 Å². The largest absolute Gasteiger partial charge is 0.347 e. The standard InChI is InChI=1S/C14H30N2O/c1-7-8-9-10-14(3,4)11-15-12(2)13(17)16(5)6/h12,15H,7-11H2,1-6H3. The minimum atomic E-state index is -0.0875. The number of likely N-dealkylation sites (N-methyl/N-ethyl adjacent to an activating group) is 1. The van der Waals surface area contributed by atoms with Gasteiger partial charge in [-0.15, -0.1) is 0 Å². The molecule has 3 nitrogen and oxygen atoms in total. The van der Waals surface area contributed by atoms with Crippen LogP contribution in [0.5, 0.6) is 0 Å². The van der Waals surface area contributed by atoms with Crippen molar-refractivity contribution >= 4 is 5.91 Å². The minimum Gasteiger partial charge on any atom is -0.347 e. The van der Waals surface area contributed by atoms with Gasteiger partial charge in [-0.25, -0.2) is 0 Å². The molecule has 17 heavy (non-hydrogen) atoms. The number of amides is 1. The first-order valence-corrected chi connectivity index (χ1v) is 6.74. The predicted octanol–water partition coefficient (Wildman–Crippen LogP) is 2.66. The van der Waals surface area contributed by atoms with E-state index in [4.69, 9.17) is 0 Å². The van der Waals surface area contributed by atoms with Crippen LogP contribution in [0.3, 0.4) is 0 Å². The number of carbonyl (C=O) groups is 1. The molecule has 0 radical (unpaired) electrons. The molecule has 1 unspecified atom stereocenters. The second-order valence-corrected chi connectivity index (χ2v) is 5.96. The monoisotopic (exact) mass is 242 g/mol. The highest BCUT2D eigenvalue weighted by Crippen LogP contribution is 2.22. The third-order valence-electron chi connectivity index (χ3n) is 3.16. The molecule has 0 heterocycles. The zero-order chi connectivity index (χ0) is 13.5. The van der Waals surface area contributed by atoms with Crippen molar-refractivity contribution in [1.29, 1.82) is 0 Å². The van der Waals surface area contributed by atoms with Crippen LogP contribution in [0.2, 0.25) is 0 Å². The number of unbranched alkanes of at least 4 members (excludes halogenated alkanes) is 2. The lowest BCUT2D eigenvalue weighted by molar-refractivity contribution is -0.130. The molecule has 1 amide bonds. The molecule has 0 saturated heterocycles. The van der Waals surface area contributed by atoms with Crippen molar-refractivity contribution in [2.24, 2.45) is 5.41 Å². The van der Waals surface area contributed by atoms with E-state index in [0.717, 1.165) is 6.54 Å². The van der Waals surface area contributed by atoms with Crippen LogP contribution in [0.25, 0.3) is 0 Å². The van der Waals surface area contributed by atoms with Gasteiger partial charge in [-0.1, -0.05) is 40.0 Å². The van der Waals surface area contributed by atoms with E-state index in [1.807, 2.05) is 6.92 Å². The summed E-state index contributed by atoms with van der Waals surface area (Å²) in [6.07, 6.45) is 5.06. The quantitative estimate of drug-likeness (QED) is 0.664. The van der Waals surface area contributed by atoms with Crippen molar-refractivity contribution in [2.45, 2.75) is 59.4 Å². The first kappa shape index (κ1) is 16.4. The fraction of sp³-hybridized carbons (Fsp3) is 0.929. The first-order chi connectivity index (χ1) is 7.80. The van der Waals surface area contributed by atoms with Gasteiger partial charge in [0.25, 0.3) is 0 Å². The smallest absolute Gasteiger partial charge is 0.238 e. The molecule has 0 bridgehead atoms. The van der Waals surface area contributed by atoms with Crippen LogP contribution in [0.15, 0.2) is 0 Å². The predicted molar refractivity (Wildman–Crippen MR) is 74.1 cm³/mol. The van der Waals surface area contributed by atoms with Gasteiger partial charge in [-0.2, -0.15) is 0 Å². The highest BCUT2D eigenvalue weighted by atomic mass is 16.2. The number of carbonyl (C=O) groups excluding carboxylic acids is 1. The van der Waals surface area contributed by atoms with E-state index in [-0.39, 0.29) is 17.4 Å². The molecule has 0 fully saturated rings. The SMILES string of the molecule is CCCCCC(C)(C)CNC(C)C(=O)N(C)C. The molecular weight excluding hydrogens is 212 g/mol. The van der Waals surface area contributed by atoms with Crippen LogP contribution in [0.4, 0.5) is 0 Å². The van der Waals surface area contributed by atoms with Crippen LogP contribution in [-0.4, -0.2) is 37.5 Å². The highest BCUT2D eigenvalue weighted by Gasteiger charge is 2.21. The highest BCUT2D eigenvalue weighted by molar-refractivity contribution is 5.80. The Hall–Kier alpha value is -0.570. The summed E-state index contributed by atoms with van der Waals surface area (Å²) in [5, 5.41) is 3.34. The van der Waals surface area contributed by atoms with Crippen molar-refractivity contribution in [1.82, 2.24) is 10.2 Å². The third kappa shape index (κ3) is 7.37. The fourth-order valence-electron chi connectivity index (χ4n) is 1.85. The van der Waals surface area contributed by atoms with E-state index < -0.39 is 0 Å². The molecule has 1 atom stereocenters. The Labute approximate surface area is 107 Å². The molecule has 0 aliphatic carbocycles. The number of nitrogens with one attached hydrogen (secondary N) is 1. The normalized spacial score (nSPS) is 13.5. The third-order valence-corrected chi connectivity index (χ3v) is 3.16. The molecule has 0 aliphatic rings.